The number of hydrogen-bond acceptors (Lipinski definition) is 4. The quantitative estimate of drug-likeness (QED) is 0.369. The molecule has 5 rings (SSSR count). The highest BCUT2D eigenvalue weighted by molar-refractivity contribution is 6.05. The Morgan fingerprint density at radius 2 is 1.68 bits per heavy atom. The van der Waals surface area contributed by atoms with Crippen molar-refractivity contribution in [3.8, 4) is 17.0 Å². The molecule has 0 N–H and O–H groups in total. The van der Waals surface area contributed by atoms with Crippen molar-refractivity contribution in [2.45, 2.75) is 13.5 Å². The average Bonchev–Trinajstić information content (AvgIpc) is 3.35. The molecule has 34 heavy (non-hydrogen) atoms. The average molecular weight is 450 g/mol. The van der Waals surface area contributed by atoms with E-state index >= 15 is 0 Å². The summed E-state index contributed by atoms with van der Waals surface area (Å²) in [6.45, 7) is 2.11. The molecule has 0 aliphatic carbocycles. The minimum Gasteiger partial charge on any atom is -0.455 e. The summed E-state index contributed by atoms with van der Waals surface area (Å²) in [6, 6.07) is 24.4. The van der Waals surface area contributed by atoms with Crippen LogP contribution in [0.25, 0.3) is 28.0 Å². The molecular formula is C28H23N3O3. The summed E-state index contributed by atoms with van der Waals surface area (Å²) in [5, 5.41) is 4.80. The van der Waals surface area contributed by atoms with Crippen LogP contribution in [0.4, 0.5) is 0 Å². The van der Waals surface area contributed by atoms with Gasteiger partial charge >= 0.3 is 0 Å². The van der Waals surface area contributed by atoms with Gasteiger partial charge in [-0.15, -0.1) is 0 Å². The molecule has 0 aliphatic heterocycles. The maximum Gasteiger partial charge on any atom is 0.257 e. The van der Waals surface area contributed by atoms with Gasteiger partial charge in [-0.2, -0.15) is 5.10 Å². The summed E-state index contributed by atoms with van der Waals surface area (Å²) < 4.78 is 7.99. The van der Waals surface area contributed by atoms with Gasteiger partial charge in [-0.05, 0) is 31.2 Å². The van der Waals surface area contributed by atoms with Crippen LogP contribution in [0.15, 0.2) is 100 Å². The van der Waals surface area contributed by atoms with Gasteiger partial charge in [0, 0.05) is 36.5 Å². The van der Waals surface area contributed by atoms with E-state index in [1.54, 1.807) is 47.9 Å². The fourth-order valence-corrected chi connectivity index (χ4v) is 4.06. The first-order valence-electron chi connectivity index (χ1n) is 11.0. The fraction of sp³-hybridized carbons (Fsp3) is 0.107. The highest BCUT2D eigenvalue weighted by Crippen LogP contribution is 2.28. The van der Waals surface area contributed by atoms with Crippen molar-refractivity contribution >= 4 is 16.9 Å². The number of hydrogen-bond donors (Lipinski definition) is 0. The zero-order valence-electron chi connectivity index (χ0n) is 18.9. The highest BCUT2D eigenvalue weighted by atomic mass is 16.3. The third-order valence-corrected chi connectivity index (χ3v) is 5.83. The van der Waals surface area contributed by atoms with Crippen LogP contribution >= 0.6 is 0 Å². The van der Waals surface area contributed by atoms with Crippen molar-refractivity contribution in [2.24, 2.45) is 0 Å². The van der Waals surface area contributed by atoms with Gasteiger partial charge in [-0.3, -0.25) is 9.59 Å². The molecule has 0 radical (unpaired) electrons. The lowest BCUT2D eigenvalue weighted by atomic mass is 10.0. The minimum absolute atomic E-state index is 0.137. The number of benzene rings is 3. The van der Waals surface area contributed by atoms with Crippen LogP contribution < -0.4 is 5.43 Å². The molecule has 6 nitrogen and oxygen atoms in total. The van der Waals surface area contributed by atoms with Crippen molar-refractivity contribution in [1.82, 2.24) is 14.7 Å². The van der Waals surface area contributed by atoms with E-state index in [1.807, 2.05) is 66.9 Å². The number of rotatable bonds is 5. The predicted molar refractivity (Wildman–Crippen MR) is 132 cm³/mol. The predicted octanol–water partition coefficient (Wildman–Crippen LogP) is 5.23. The zero-order chi connectivity index (χ0) is 23.7. The second-order valence-corrected chi connectivity index (χ2v) is 8.22. The Labute approximate surface area is 196 Å². The summed E-state index contributed by atoms with van der Waals surface area (Å²) in [7, 11) is 1.73. The number of para-hydroxylation sites is 2. The monoisotopic (exact) mass is 449 g/mol. The number of carbonyl (C=O) groups excluding carboxylic acids is 1. The van der Waals surface area contributed by atoms with Crippen LogP contribution in [0.3, 0.4) is 0 Å². The Kier molecular flexibility index (Phi) is 5.55. The molecule has 0 saturated heterocycles. The molecule has 2 heterocycles. The number of aromatic nitrogens is 2. The normalized spacial score (nSPS) is 11.0. The summed E-state index contributed by atoms with van der Waals surface area (Å²) in [4.78, 5) is 28.1. The van der Waals surface area contributed by atoms with Crippen LogP contribution in [-0.4, -0.2) is 27.6 Å². The summed E-state index contributed by atoms with van der Waals surface area (Å²) in [5.74, 6) is 0.245. The standard InChI is InChI=1S/C28H23N3O3/c1-19-25(32)23-14-9-15-24(27(23)34-26(19)21-10-5-3-6-11-21)28(33)30(2)17-20-16-29-31(18-20)22-12-7-4-8-13-22/h3-16,18H,17H2,1-2H3. The maximum atomic E-state index is 13.4. The number of amides is 1. The molecule has 0 saturated carbocycles. The van der Waals surface area contributed by atoms with Crippen molar-refractivity contribution < 1.29 is 9.21 Å². The summed E-state index contributed by atoms with van der Waals surface area (Å²) in [5.41, 5.74) is 3.66. The molecule has 0 unspecified atom stereocenters. The molecule has 0 bridgehead atoms. The third-order valence-electron chi connectivity index (χ3n) is 5.83. The maximum absolute atomic E-state index is 13.4. The van der Waals surface area contributed by atoms with E-state index in [2.05, 4.69) is 5.10 Å². The lowest BCUT2D eigenvalue weighted by molar-refractivity contribution is 0.0786. The van der Waals surface area contributed by atoms with Gasteiger partial charge in [0.2, 0.25) is 0 Å². The van der Waals surface area contributed by atoms with Crippen LogP contribution in [0.5, 0.6) is 0 Å². The number of nitrogens with zero attached hydrogens (tertiary/aromatic N) is 3. The Morgan fingerprint density at radius 3 is 2.41 bits per heavy atom. The van der Waals surface area contributed by atoms with E-state index in [-0.39, 0.29) is 11.3 Å². The molecule has 3 aromatic carbocycles. The lowest BCUT2D eigenvalue weighted by Gasteiger charge is -2.17. The van der Waals surface area contributed by atoms with Gasteiger partial charge in [0.05, 0.1) is 22.8 Å². The summed E-state index contributed by atoms with van der Waals surface area (Å²) in [6.07, 6.45) is 3.65. The van der Waals surface area contributed by atoms with E-state index in [9.17, 15) is 9.59 Å². The first-order valence-corrected chi connectivity index (χ1v) is 11.0. The Hall–Kier alpha value is -4.45. The van der Waals surface area contributed by atoms with Gasteiger partial charge in [0.15, 0.2) is 11.0 Å². The zero-order valence-corrected chi connectivity index (χ0v) is 18.9. The smallest absolute Gasteiger partial charge is 0.257 e. The third kappa shape index (κ3) is 3.90. The van der Waals surface area contributed by atoms with Gasteiger partial charge < -0.3 is 9.32 Å². The van der Waals surface area contributed by atoms with Gasteiger partial charge in [0.1, 0.15) is 5.76 Å². The molecule has 0 fully saturated rings. The Morgan fingerprint density at radius 1 is 0.971 bits per heavy atom. The molecular weight excluding hydrogens is 426 g/mol. The van der Waals surface area contributed by atoms with Crippen molar-refractivity contribution in [3.05, 3.63) is 118 Å². The van der Waals surface area contributed by atoms with E-state index in [1.165, 1.54) is 0 Å². The second kappa shape index (κ2) is 8.83. The van der Waals surface area contributed by atoms with Gasteiger partial charge in [0.25, 0.3) is 5.91 Å². The molecule has 6 heteroatoms. The first kappa shape index (κ1) is 21.4. The minimum atomic E-state index is -0.232. The van der Waals surface area contributed by atoms with E-state index < -0.39 is 0 Å². The topological polar surface area (TPSA) is 68.3 Å². The van der Waals surface area contributed by atoms with E-state index in [4.69, 9.17) is 4.42 Å². The summed E-state index contributed by atoms with van der Waals surface area (Å²) >= 11 is 0. The van der Waals surface area contributed by atoms with Gasteiger partial charge in [-0.25, -0.2) is 4.68 Å². The van der Waals surface area contributed by atoms with Crippen molar-refractivity contribution in [2.75, 3.05) is 7.05 Å². The molecule has 0 atom stereocenters. The Balaban J connectivity index is 1.49. The van der Waals surface area contributed by atoms with Crippen LogP contribution in [0.2, 0.25) is 0 Å². The van der Waals surface area contributed by atoms with Crippen molar-refractivity contribution in [1.29, 1.82) is 0 Å². The molecule has 1 amide bonds. The van der Waals surface area contributed by atoms with Crippen LogP contribution in [-0.2, 0) is 6.54 Å². The lowest BCUT2D eigenvalue weighted by Crippen LogP contribution is -2.26. The Bertz CT molecular complexity index is 1540. The van der Waals surface area contributed by atoms with Gasteiger partial charge in [-0.1, -0.05) is 54.6 Å². The SMILES string of the molecule is Cc1c(-c2ccccc2)oc2c(C(=O)N(C)Cc3cnn(-c4ccccc4)c3)cccc2c1=O. The van der Waals surface area contributed by atoms with E-state index in [0.717, 1.165) is 16.8 Å². The number of fused-ring (bicyclic) bond motifs is 1. The molecule has 0 aliphatic rings. The molecule has 0 spiro atoms. The fourth-order valence-electron chi connectivity index (χ4n) is 4.06. The highest BCUT2D eigenvalue weighted by Gasteiger charge is 2.21. The molecule has 168 valence electrons. The van der Waals surface area contributed by atoms with Crippen LogP contribution in [0.1, 0.15) is 21.5 Å². The molecule has 5 aromatic rings. The largest absolute Gasteiger partial charge is 0.455 e. The number of carbonyl (C=O) groups is 1. The van der Waals surface area contributed by atoms with E-state index in [0.29, 0.717) is 34.4 Å². The second-order valence-electron chi connectivity index (χ2n) is 8.22. The van der Waals surface area contributed by atoms with Crippen molar-refractivity contribution in [3.63, 3.8) is 0 Å². The first-order chi connectivity index (χ1) is 16.5. The van der Waals surface area contributed by atoms with Crippen LogP contribution in [0, 0.1) is 6.92 Å². The molecule has 2 aromatic heterocycles.